The molecule has 0 aliphatic carbocycles. The lowest BCUT2D eigenvalue weighted by molar-refractivity contribution is 0.0698. The predicted molar refractivity (Wildman–Crippen MR) is 65.2 cm³/mol. The van der Waals surface area contributed by atoms with Gasteiger partial charge >= 0.3 is 5.97 Å². The van der Waals surface area contributed by atoms with Crippen molar-refractivity contribution in [3.05, 3.63) is 17.8 Å². The van der Waals surface area contributed by atoms with E-state index in [0.717, 1.165) is 6.42 Å². The number of nitrogens with zero attached hydrogens (tertiary/aromatic N) is 1. The minimum Gasteiger partial charge on any atom is -0.478 e. The molecule has 0 saturated carbocycles. The Morgan fingerprint density at radius 2 is 2.41 bits per heavy atom. The van der Waals surface area contributed by atoms with Gasteiger partial charge in [0.1, 0.15) is 5.82 Å². The maximum absolute atomic E-state index is 10.9. The Hall–Kier alpha value is -1.82. The van der Waals surface area contributed by atoms with Gasteiger partial charge < -0.3 is 20.9 Å². The third-order valence-electron chi connectivity index (χ3n) is 2.42. The molecule has 6 heteroatoms. The number of hydrogen-bond donors (Lipinski definition) is 3. The minimum absolute atomic E-state index is 0.0507. The second-order valence-corrected chi connectivity index (χ2v) is 3.63. The number of nitrogen functional groups attached to an aromatic ring is 1. The van der Waals surface area contributed by atoms with E-state index in [-0.39, 0.29) is 17.3 Å². The summed E-state index contributed by atoms with van der Waals surface area (Å²) >= 11 is 0. The van der Waals surface area contributed by atoms with E-state index in [1.165, 1.54) is 12.3 Å². The van der Waals surface area contributed by atoms with Crippen LogP contribution in [0.5, 0.6) is 0 Å². The van der Waals surface area contributed by atoms with E-state index in [1.807, 2.05) is 6.92 Å². The van der Waals surface area contributed by atoms with Gasteiger partial charge in [0.25, 0.3) is 0 Å². The van der Waals surface area contributed by atoms with E-state index in [1.54, 1.807) is 7.11 Å². The summed E-state index contributed by atoms with van der Waals surface area (Å²) in [6, 6.07) is 1.43. The van der Waals surface area contributed by atoms with Gasteiger partial charge in [0.2, 0.25) is 0 Å². The fourth-order valence-corrected chi connectivity index (χ4v) is 1.43. The van der Waals surface area contributed by atoms with Crippen molar-refractivity contribution in [2.45, 2.75) is 19.4 Å². The van der Waals surface area contributed by atoms with Crippen LogP contribution in [-0.4, -0.2) is 35.8 Å². The zero-order chi connectivity index (χ0) is 12.8. The fraction of sp³-hybridized carbons (Fsp3) is 0.455. The van der Waals surface area contributed by atoms with Crippen LogP contribution in [0.1, 0.15) is 23.7 Å². The zero-order valence-corrected chi connectivity index (χ0v) is 9.93. The molecule has 1 aromatic rings. The molecule has 0 aliphatic rings. The number of hydrogen-bond acceptors (Lipinski definition) is 5. The van der Waals surface area contributed by atoms with Crippen LogP contribution in [-0.2, 0) is 4.74 Å². The van der Waals surface area contributed by atoms with E-state index < -0.39 is 5.97 Å². The number of carboxylic acid groups (broad SMARTS) is 1. The average molecular weight is 239 g/mol. The number of ether oxygens (including phenoxy) is 1. The molecule has 0 radical (unpaired) electrons. The van der Waals surface area contributed by atoms with Crippen LogP contribution in [0.4, 0.5) is 11.5 Å². The first-order chi connectivity index (χ1) is 8.10. The first-order valence-electron chi connectivity index (χ1n) is 5.33. The Kier molecular flexibility index (Phi) is 4.71. The molecule has 94 valence electrons. The van der Waals surface area contributed by atoms with Gasteiger partial charge in [0.05, 0.1) is 23.9 Å². The van der Waals surface area contributed by atoms with Crippen LogP contribution < -0.4 is 11.1 Å². The standard InChI is InChI=1S/C11H17N3O3/c1-3-7(6-17-2)14-10-9(12)8(11(15)16)4-5-13-10/h4-5,7H,3,6,12H2,1-2H3,(H,13,14)(H,15,16). The summed E-state index contributed by atoms with van der Waals surface area (Å²) in [5, 5.41) is 12.0. The minimum atomic E-state index is -1.06. The summed E-state index contributed by atoms with van der Waals surface area (Å²) in [4.78, 5) is 14.9. The third-order valence-corrected chi connectivity index (χ3v) is 2.42. The van der Waals surface area contributed by atoms with Gasteiger partial charge in [-0.25, -0.2) is 9.78 Å². The number of aromatic nitrogens is 1. The number of carbonyl (C=O) groups is 1. The topological polar surface area (TPSA) is 97.5 Å². The molecule has 0 aliphatic heterocycles. The first-order valence-corrected chi connectivity index (χ1v) is 5.33. The molecular weight excluding hydrogens is 222 g/mol. The molecule has 1 rings (SSSR count). The Labute approximate surface area is 99.8 Å². The first kappa shape index (κ1) is 13.2. The summed E-state index contributed by atoms with van der Waals surface area (Å²) in [5.74, 6) is -0.679. The summed E-state index contributed by atoms with van der Waals surface area (Å²) in [6.45, 7) is 2.50. The smallest absolute Gasteiger partial charge is 0.337 e. The maximum atomic E-state index is 10.9. The number of rotatable bonds is 6. The number of anilines is 2. The second kappa shape index (κ2) is 6.05. The van der Waals surface area contributed by atoms with Crippen LogP contribution in [0.2, 0.25) is 0 Å². The molecule has 1 heterocycles. The molecule has 0 aromatic carbocycles. The number of nitrogens with two attached hydrogens (primary N) is 1. The number of carboxylic acids is 1. The molecule has 4 N–H and O–H groups in total. The monoisotopic (exact) mass is 239 g/mol. The Balaban J connectivity index is 2.91. The summed E-state index contributed by atoms with van der Waals surface area (Å²) in [6.07, 6.45) is 2.24. The van der Waals surface area contributed by atoms with Crippen LogP contribution >= 0.6 is 0 Å². The van der Waals surface area contributed by atoms with Gasteiger partial charge in [-0.3, -0.25) is 0 Å². The van der Waals surface area contributed by atoms with Gasteiger partial charge in [-0.1, -0.05) is 6.92 Å². The van der Waals surface area contributed by atoms with Gasteiger partial charge in [0.15, 0.2) is 0 Å². The largest absolute Gasteiger partial charge is 0.478 e. The lowest BCUT2D eigenvalue weighted by Crippen LogP contribution is -2.25. The van der Waals surface area contributed by atoms with Gasteiger partial charge in [-0.2, -0.15) is 0 Å². The lowest BCUT2D eigenvalue weighted by Gasteiger charge is -2.18. The highest BCUT2D eigenvalue weighted by Gasteiger charge is 2.14. The molecule has 6 nitrogen and oxygen atoms in total. The molecule has 17 heavy (non-hydrogen) atoms. The molecule has 1 unspecified atom stereocenters. The average Bonchev–Trinajstić information content (AvgIpc) is 2.30. The number of aromatic carboxylic acids is 1. The zero-order valence-electron chi connectivity index (χ0n) is 9.93. The number of nitrogens with one attached hydrogen (secondary N) is 1. The highest BCUT2D eigenvalue weighted by atomic mass is 16.5. The highest BCUT2D eigenvalue weighted by Crippen LogP contribution is 2.21. The molecule has 0 bridgehead atoms. The number of methoxy groups -OCH3 is 1. The van der Waals surface area contributed by atoms with E-state index in [4.69, 9.17) is 15.6 Å². The van der Waals surface area contributed by atoms with Crippen molar-refractivity contribution >= 4 is 17.5 Å². The van der Waals surface area contributed by atoms with Crippen LogP contribution in [0.15, 0.2) is 12.3 Å². The van der Waals surface area contributed by atoms with Gasteiger partial charge in [-0.15, -0.1) is 0 Å². The van der Waals surface area contributed by atoms with Crippen molar-refractivity contribution in [2.75, 3.05) is 24.8 Å². The van der Waals surface area contributed by atoms with Crippen molar-refractivity contribution in [2.24, 2.45) is 0 Å². The SMILES string of the molecule is CCC(COC)Nc1nccc(C(=O)O)c1N. The van der Waals surface area contributed by atoms with E-state index in [0.29, 0.717) is 12.4 Å². The van der Waals surface area contributed by atoms with Gasteiger partial charge in [-0.05, 0) is 12.5 Å². The Bertz CT molecular complexity index is 396. The highest BCUT2D eigenvalue weighted by molar-refractivity contribution is 5.96. The number of pyridine rings is 1. The van der Waals surface area contributed by atoms with Crippen molar-refractivity contribution < 1.29 is 14.6 Å². The second-order valence-electron chi connectivity index (χ2n) is 3.63. The van der Waals surface area contributed by atoms with E-state index in [2.05, 4.69) is 10.3 Å². The van der Waals surface area contributed by atoms with Crippen LogP contribution in [0.25, 0.3) is 0 Å². The summed E-state index contributed by atoms with van der Waals surface area (Å²) in [7, 11) is 1.61. The molecular formula is C11H17N3O3. The third kappa shape index (κ3) is 3.32. The Morgan fingerprint density at radius 3 is 2.94 bits per heavy atom. The van der Waals surface area contributed by atoms with E-state index >= 15 is 0 Å². The summed E-state index contributed by atoms with van der Waals surface area (Å²) < 4.78 is 5.04. The maximum Gasteiger partial charge on any atom is 0.337 e. The van der Waals surface area contributed by atoms with Crippen molar-refractivity contribution in [3.63, 3.8) is 0 Å². The van der Waals surface area contributed by atoms with Crippen molar-refractivity contribution in [1.29, 1.82) is 0 Å². The predicted octanol–water partition coefficient (Wildman–Crippen LogP) is 1.20. The lowest BCUT2D eigenvalue weighted by atomic mass is 10.2. The molecule has 0 saturated heterocycles. The molecule has 0 fully saturated rings. The summed E-state index contributed by atoms with van der Waals surface area (Å²) in [5.41, 5.74) is 5.94. The quantitative estimate of drug-likeness (QED) is 0.690. The molecule has 1 atom stereocenters. The molecule has 0 amide bonds. The van der Waals surface area contributed by atoms with Crippen LogP contribution in [0.3, 0.4) is 0 Å². The van der Waals surface area contributed by atoms with Crippen LogP contribution in [0, 0.1) is 0 Å². The molecule has 0 spiro atoms. The normalized spacial score (nSPS) is 12.1. The molecule has 1 aromatic heterocycles. The van der Waals surface area contributed by atoms with Crippen molar-refractivity contribution in [3.8, 4) is 0 Å². The van der Waals surface area contributed by atoms with Gasteiger partial charge in [0, 0.05) is 13.3 Å². The fourth-order valence-electron chi connectivity index (χ4n) is 1.43. The van der Waals surface area contributed by atoms with E-state index in [9.17, 15) is 4.79 Å². The van der Waals surface area contributed by atoms with Crippen molar-refractivity contribution in [1.82, 2.24) is 4.98 Å². The Morgan fingerprint density at radius 1 is 1.71 bits per heavy atom.